The van der Waals surface area contributed by atoms with Crippen LogP contribution in [0, 0.1) is 0 Å². The summed E-state index contributed by atoms with van der Waals surface area (Å²) in [4.78, 5) is 2.33. The second-order valence-corrected chi connectivity index (χ2v) is 5.33. The van der Waals surface area contributed by atoms with Crippen LogP contribution in [-0.4, -0.2) is 26.3 Å². The molecule has 0 aliphatic heterocycles. The molecule has 4 heteroatoms. The predicted molar refractivity (Wildman–Crippen MR) is 79.8 cm³/mol. The van der Waals surface area contributed by atoms with E-state index in [0.717, 1.165) is 18.4 Å². The van der Waals surface area contributed by atoms with Gasteiger partial charge in [-0.1, -0.05) is 0 Å². The summed E-state index contributed by atoms with van der Waals surface area (Å²) in [7, 11) is -0.915. The number of nitrogens with zero attached hydrogens (tertiary/aromatic N) is 1. The summed E-state index contributed by atoms with van der Waals surface area (Å²) in [6, 6.07) is 8.53. The molecule has 0 bridgehead atoms. The van der Waals surface area contributed by atoms with Crippen molar-refractivity contribution < 1.29 is 9.05 Å². The molecule has 3 nitrogen and oxygen atoms in total. The molecule has 1 rings (SSSR count). The van der Waals surface area contributed by atoms with Gasteiger partial charge in [-0.05, 0) is 52.0 Å². The minimum Gasteiger partial charge on any atom is -0.372 e. The molecule has 0 N–H and O–H groups in total. The molecule has 0 saturated carbocycles. The number of benzene rings is 1. The third kappa shape index (κ3) is 4.24. The Kier molecular flexibility index (Phi) is 7.26. The zero-order valence-corrected chi connectivity index (χ0v) is 12.7. The molecule has 1 aromatic rings. The van der Waals surface area contributed by atoms with Gasteiger partial charge in [0.2, 0.25) is 8.38 Å². The molecule has 0 aromatic heterocycles. The number of hydrogen-bond acceptors (Lipinski definition) is 3. The lowest BCUT2D eigenvalue weighted by Crippen LogP contribution is -2.22. The van der Waals surface area contributed by atoms with E-state index < -0.39 is 8.38 Å². The van der Waals surface area contributed by atoms with E-state index in [2.05, 4.69) is 43.0 Å². The van der Waals surface area contributed by atoms with Crippen molar-refractivity contribution in [3.63, 3.8) is 0 Å². The van der Waals surface area contributed by atoms with Gasteiger partial charge in [0.1, 0.15) is 0 Å². The van der Waals surface area contributed by atoms with Crippen LogP contribution in [0.4, 0.5) is 5.69 Å². The minimum absolute atomic E-state index is 0.684. The lowest BCUT2D eigenvalue weighted by Gasteiger charge is -2.22. The fraction of sp³-hybridized carbons (Fsp3) is 0.571. The maximum absolute atomic E-state index is 5.65. The fourth-order valence-corrected chi connectivity index (χ4v) is 3.03. The molecule has 0 aliphatic rings. The Labute approximate surface area is 112 Å². The average Bonchev–Trinajstić information content (AvgIpc) is 2.41. The molecule has 0 atom stereocenters. The average molecular weight is 269 g/mol. The molecule has 0 amide bonds. The first-order chi connectivity index (χ1) is 8.76. The van der Waals surface area contributed by atoms with Gasteiger partial charge in [0.15, 0.2) is 0 Å². The molecule has 18 heavy (non-hydrogen) atoms. The summed E-state index contributed by atoms with van der Waals surface area (Å²) in [5, 5.41) is 1.14. The summed E-state index contributed by atoms with van der Waals surface area (Å²) in [5.41, 5.74) is 1.26. The highest BCUT2D eigenvalue weighted by Crippen LogP contribution is 2.37. The molecular formula is C14H24NO2P. The van der Waals surface area contributed by atoms with Crippen molar-refractivity contribution in [1.82, 2.24) is 0 Å². The van der Waals surface area contributed by atoms with Crippen molar-refractivity contribution >= 4 is 19.4 Å². The Bertz CT molecular complexity index is 319. The number of hydrogen-bond donors (Lipinski definition) is 0. The van der Waals surface area contributed by atoms with Gasteiger partial charge >= 0.3 is 0 Å². The molecule has 0 unspecified atom stereocenters. The standard InChI is InChI=1S/C14H24NO2P/c1-5-15(6-2)13-9-11-14(12-10-13)18(16-7-3)17-8-4/h9-12H,5-8H2,1-4H3. The van der Waals surface area contributed by atoms with Gasteiger partial charge in [0.25, 0.3) is 0 Å². The van der Waals surface area contributed by atoms with Crippen LogP contribution < -0.4 is 10.2 Å². The zero-order valence-electron chi connectivity index (χ0n) is 11.8. The molecule has 0 saturated heterocycles. The van der Waals surface area contributed by atoms with E-state index in [-0.39, 0.29) is 0 Å². The highest BCUT2D eigenvalue weighted by atomic mass is 31.2. The van der Waals surface area contributed by atoms with Crippen molar-refractivity contribution in [3.8, 4) is 0 Å². The van der Waals surface area contributed by atoms with Crippen molar-refractivity contribution in [2.75, 3.05) is 31.2 Å². The Balaban J connectivity index is 2.79. The van der Waals surface area contributed by atoms with Crippen LogP contribution >= 0.6 is 8.38 Å². The summed E-state index contributed by atoms with van der Waals surface area (Å²) in [6.07, 6.45) is 0. The van der Waals surface area contributed by atoms with Crippen LogP contribution in [0.2, 0.25) is 0 Å². The van der Waals surface area contributed by atoms with E-state index in [1.165, 1.54) is 5.69 Å². The van der Waals surface area contributed by atoms with E-state index in [0.29, 0.717) is 13.2 Å². The number of rotatable bonds is 8. The van der Waals surface area contributed by atoms with Crippen LogP contribution in [0.5, 0.6) is 0 Å². The maximum Gasteiger partial charge on any atom is 0.205 e. The summed E-state index contributed by atoms with van der Waals surface area (Å²) in [5.74, 6) is 0. The van der Waals surface area contributed by atoms with Gasteiger partial charge < -0.3 is 13.9 Å². The van der Waals surface area contributed by atoms with Crippen LogP contribution in [0.3, 0.4) is 0 Å². The van der Waals surface area contributed by atoms with Crippen LogP contribution in [0.25, 0.3) is 0 Å². The van der Waals surface area contributed by atoms with E-state index in [4.69, 9.17) is 9.05 Å². The summed E-state index contributed by atoms with van der Waals surface area (Å²) < 4.78 is 11.3. The first-order valence-electron chi connectivity index (χ1n) is 6.67. The summed E-state index contributed by atoms with van der Waals surface area (Å²) >= 11 is 0. The Morgan fingerprint density at radius 2 is 1.39 bits per heavy atom. The molecule has 0 spiro atoms. The highest BCUT2D eigenvalue weighted by molar-refractivity contribution is 7.56. The highest BCUT2D eigenvalue weighted by Gasteiger charge is 2.12. The molecule has 102 valence electrons. The molecule has 1 aromatic carbocycles. The van der Waals surface area contributed by atoms with Gasteiger partial charge in [0, 0.05) is 24.1 Å². The molecule has 0 heterocycles. The van der Waals surface area contributed by atoms with Gasteiger partial charge in [-0.15, -0.1) is 0 Å². The third-order valence-corrected chi connectivity index (χ3v) is 4.39. The predicted octanol–water partition coefficient (Wildman–Crippen LogP) is 3.54. The van der Waals surface area contributed by atoms with E-state index in [1.54, 1.807) is 0 Å². The van der Waals surface area contributed by atoms with Crippen molar-refractivity contribution in [1.29, 1.82) is 0 Å². The van der Waals surface area contributed by atoms with Crippen LogP contribution in [-0.2, 0) is 9.05 Å². The van der Waals surface area contributed by atoms with E-state index in [9.17, 15) is 0 Å². The van der Waals surface area contributed by atoms with Crippen LogP contribution in [0.15, 0.2) is 24.3 Å². The van der Waals surface area contributed by atoms with Crippen molar-refractivity contribution in [2.24, 2.45) is 0 Å². The van der Waals surface area contributed by atoms with E-state index in [1.807, 2.05) is 13.8 Å². The van der Waals surface area contributed by atoms with Gasteiger partial charge in [0.05, 0.1) is 13.2 Å². The van der Waals surface area contributed by atoms with Gasteiger partial charge in [-0.3, -0.25) is 0 Å². The summed E-state index contributed by atoms with van der Waals surface area (Å²) in [6.45, 7) is 11.8. The van der Waals surface area contributed by atoms with Crippen molar-refractivity contribution in [2.45, 2.75) is 27.7 Å². The minimum atomic E-state index is -0.915. The maximum atomic E-state index is 5.65. The molecule has 0 radical (unpaired) electrons. The first kappa shape index (κ1) is 15.4. The molecule has 0 aliphatic carbocycles. The van der Waals surface area contributed by atoms with Crippen molar-refractivity contribution in [3.05, 3.63) is 24.3 Å². The zero-order chi connectivity index (χ0) is 13.4. The lowest BCUT2D eigenvalue weighted by molar-refractivity contribution is 0.277. The fourth-order valence-electron chi connectivity index (χ4n) is 1.79. The second-order valence-electron chi connectivity index (χ2n) is 3.78. The van der Waals surface area contributed by atoms with Gasteiger partial charge in [-0.2, -0.15) is 0 Å². The Morgan fingerprint density at radius 3 is 1.78 bits per heavy atom. The van der Waals surface area contributed by atoms with Crippen LogP contribution in [0.1, 0.15) is 27.7 Å². The number of anilines is 1. The quantitative estimate of drug-likeness (QED) is 0.674. The monoisotopic (exact) mass is 269 g/mol. The first-order valence-corrected chi connectivity index (χ1v) is 7.85. The van der Waals surface area contributed by atoms with Gasteiger partial charge in [-0.25, -0.2) is 0 Å². The smallest absolute Gasteiger partial charge is 0.205 e. The normalized spacial score (nSPS) is 10.9. The third-order valence-electron chi connectivity index (χ3n) is 2.68. The topological polar surface area (TPSA) is 21.7 Å². The van der Waals surface area contributed by atoms with E-state index >= 15 is 0 Å². The Hall–Kier alpha value is -0.630. The second kappa shape index (κ2) is 8.47. The molecule has 0 fully saturated rings. The lowest BCUT2D eigenvalue weighted by atomic mass is 10.3. The molecular weight excluding hydrogens is 245 g/mol. The largest absolute Gasteiger partial charge is 0.372 e. The SMILES string of the molecule is CCOP(OCC)c1ccc(N(CC)CC)cc1. The Morgan fingerprint density at radius 1 is 0.889 bits per heavy atom.